The Balaban J connectivity index is 1.54. The zero-order chi connectivity index (χ0) is 26.9. The number of ether oxygens (including phenoxy) is 1. The van der Waals surface area contributed by atoms with Crippen LogP contribution in [0.3, 0.4) is 0 Å². The monoisotopic (exact) mass is 514 g/mol. The molecule has 2 aromatic carbocycles. The summed E-state index contributed by atoms with van der Waals surface area (Å²) in [7, 11) is 1.52. The number of hydrogen-bond donors (Lipinski definition) is 1. The summed E-state index contributed by atoms with van der Waals surface area (Å²) in [5.41, 5.74) is 1.03. The molecule has 0 unspecified atom stereocenters. The van der Waals surface area contributed by atoms with E-state index in [-0.39, 0.29) is 35.3 Å². The van der Waals surface area contributed by atoms with Gasteiger partial charge in [0.05, 0.1) is 35.5 Å². The van der Waals surface area contributed by atoms with Crippen LogP contribution in [0.15, 0.2) is 60.2 Å². The Morgan fingerprint density at radius 3 is 2.45 bits per heavy atom. The number of imide groups is 2. The van der Waals surface area contributed by atoms with Crippen molar-refractivity contribution in [2.75, 3.05) is 18.6 Å². The van der Waals surface area contributed by atoms with Crippen molar-refractivity contribution in [3.8, 4) is 11.5 Å². The van der Waals surface area contributed by atoms with Gasteiger partial charge < -0.3 is 9.84 Å². The zero-order valence-electron chi connectivity index (χ0n) is 21.6. The SMILES string of the molecule is CCOc1cc([C@H]2C3=CC[C@@H]4C(=O)N(C)C(=O)[C@@H]4[C@@H]3C[C@H]3C(=O)N(c4ccccc4)C(=O)[C@@]23C)ccc1O. The summed E-state index contributed by atoms with van der Waals surface area (Å²) in [5, 5.41) is 10.4. The Labute approximate surface area is 220 Å². The lowest BCUT2D eigenvalue weighted by Crippen LogP contribution is -2.48. The van der Waals surface area contributed by atoms with Crippen LogP contribution in [-0.4, -0.2) is 47.3 Å². The van der Waals surface area contributed by atoms with E-state index in [1.165, 1.54) is 16.8 Å². The number of phenolic OH excluding ortho intramolecular Hbond substituents is 1. The van der Waals surface area contributed by atoms with Gasteiger partial charge in [0.15, 0.2) is 11.5 Å². The molecule has 0 bridgehead atoms. The number of phenols is 1. The molecule has 0 aromatic heterocycles. The molecule has 196 valence electrons. The number of allylic oxidation sites excluding steroid dienone is 2. The minimum Gasteiger partial charge on any atom is -0.504 e. The van der Waals surface area contributed by atoms with Gasteiger partial charge in [-0.2, -0.15) is 0 Å². The fourth-order valence-corrected chi connectivity index (χ4v) is 7.36. The smallest absolute Gasteiger partial charge is 0.241 e. The van der Waals surface area contributed by atoms with Crippen molar-refractivity contribution < 1.29 is 29.0 Å². The zero-order valence-corrected chi connectivity index (χ0v) is 21.6. The van der Waals surface area contributed by atoms with Crippen molar-refractivity contribution >= 4 is 29.3 Å². The Morgan fingerprint density at radius 2 is 1.74 bits per heavy atom. The lowest BCUT2D eigenvalue weighted by molar-refractivity contribution is -0.138. The number of anilines is 1. The summed E-state index contributed by atoms with van der Waals surface area (Å²) in [6.07, 6.45) is 2.74. The van der Waals surface area contributed by atoms with Gasteiger partial charge in [-0.15, -0.1) is 0 Å². The first-order valence-electron chi connectivity index (χ1n) is 13.1. The summed E-state index contributed by atoms with van der Waals surface area (Å²) in [6, 6.07) is 13.9. The fourth-order valence-electron chi connectivity index (χ4n) is 7.36. The van der Waals surface area contributed by atoms with Crippen molar-refractivity contribution in [1.29, 1.82) is 0 Å². The second-order valence-corrected chi connectivity index (χ2v) is 10.9. The number of carbonyl (C=O) groups excluding carboxylic acids is 4. The molecule has 2 saturated heterocycles. The molecule has 2 aromatic rings. The van der Waals surface area contributed by atoms with Crippen LogP contribution >= 0.6 is 0 Å². The molecule has 4 amide bonds. The van der Waals surface area contributed by atoms with Crippen molar-refractivity contribution in [2.24, 2.45) is 29.1 Å². The highest BCUT2D eigenvalue weighted by atomic mass is 16.5. The van der Waals surface area contributed by atoms with Crippen LogP contribution in [0.4, 0.5) is 5.69 Å². The maximum atomic E-state index is 14.3. The predicted molar refractivity (Wildman–Crippen MR) is 138 cm³/mol. The largest absolute Gasteiger partial charge is 0.504 e. The number of likely N-dealkylation sites (tertiary alicyclic amines) is 1. The first-order valence-corrected chi connectivity index (χ1v) is 13.1. The number of rotatable bonds is 4. The third-order valence-corrected chi connectivity index (χ3v) is 9.13. The summed E-state index contributed by atoms with van der Waals surface area (Å²) in [6.45, 7) is 4.01. The Bertz CT molecular complexity index is 1400. The van der Waals surface area contributed by atoms with Crippen LogP contribution in [0.2, 0.25) is 0 Å². The number of carbonyl (C=O) groups is 4. The van der Waals surface area contributed by atoms with E-state index in [1.807, 2.05) is 26.0 Å². The second kappa shape index (κ2) is 8.55. The number of aromatic hydroxyl groups is 1. The van der Waals surface area contributed by atoms with E-state index in [2.05, 4.69) is 0 Å². The number of para-hydroxylation sites is 1. The molecule has 2 aliphatic carbocycles. The highest BCUT2D eigenvalue weighted by molar-refractivity contribution is 6.24. The van der Waals surface area contributed by atoms with Crippen molar-refractivity contribution in [1.82, 2.24) is 4.90 Å². The van der Waals surface area contributed by atoms with E-state index >= 15 is 0 Å². The fraction of sp³-hybridized carbons (Fsp3) is 0.400. The molecule has 1 saturated carbocycles. The molecule has 6 rings (SSSR count). The van der Waals surface area contributed by atoms with Gasteiger partial charge in [0.2, 0.25) is 23.6 Å². The van der Waals surface area contributed by atoms with Crippen molar-refractivity contribution in [3.05, 3.63) is 65.7 Å². The molecule has 8 nitrogen and oxygen atoms in total. The van der Waals surface area contributed by atoms with E-state index in [9.17, 15) is 24.3 Å². The molecular formula is C30H30N2O6. The third-order valence-electron chi connectivity index (χ3n) is 9.13. The highest BCUT2D eigenvalue weighted by Gasteiger charge is 2.67. The first-order chi connectivity index (χ1) is 18.2. The molecule has 2 heterocycles. The van der Waals surface area contributed by atoms with Gasteiger partial charge >= 0.3 is 0 Å². The van der Waals surface area contributed by atoms with Crippen molar-refractivity contribution in [3.63, 3.8) is 0 Å². The van der Waals surface area contributed by atoms with Gasteiger partial charge in [0.25, 0.3) is 0 Å². The number of benzene rings is 2. The Hall–Kier alpha value is -3.94. The molecule has 4 aliphatic rings. The minimum atomic E-state index is -1.12. The molecular weight excluding hydrogens is 484 g/mol. The second-order valence-electron chi connectivity index (χ2n) is 10.9. The summed E-state index contributed by atoms with van der Waals surface area (Å²) in [4.78, 5) is 56.9. The van der Waals surface area contributed by atoms with Gasteiger partial charge in [0.1, 0.15) is 0 Å². The van der Waals surface area contributed by atoms with Gasteiger partial charge in [-0.05, 0) is 62.4 Å². The van der Waals surface area contributed by atoms with Gasteiger partial charge in [-0.25, -0.2) is 4.90 Å². The first kappa shape index (κ1) is 24.4. The Morgan fingerprint density at radius 1 is 1.00 bits per heavy atom. The number of nitrogens with zero attached hydrogens (tertiary/aromatic N) is 2. The minimum absolute atomic E-state index is 0.0136. The topological polar surface area (TPSA) is 104 Å². The predicted octanol–water partition coefficient (Wildman–Crippen LogP) is 3.65. The van der Waals surface area contributed by atoms with Crippen LogP contribution in [-0.2, 0) is 19.2 Å². The van der Waals surface area contributed by atoms with Gasteiger partial charge in [-0.1, -0.05) is 35.9 Å². The van der Waals surface area contributed by atoms with Crippen LogP contribution in [0, 0.1) is 29.1 Å². The van der Waals surface area contributed by atoms with Crippen LogP contribution in [0.5, 0.6) is 11.5 Å². The van der Waals surface area contributed by atoms with Gasteiger partial charge in [-0.3, -0.25) is 24.1 Å². The number of fused-ring (bicyclic) bond motifs is 4. The van der Waals surface area contributed by atoms with E-state index in [1.54, 1.807) is 42.5 Å². The normalized spacial score (nSPS) is 32.2. The maximum Gasteiger partial charge on any atom is 0.241 e. The van der Waals surface area contributed by atoms with E-state index in [4.69, 9.17) is 4.74 Å². The molecule has 0 spiro atoms. The Kier molecular flexibility index (Phi) is 5.49. The standard InChI is InChI=1S/C30H30N2O6/c1-4-38-23-14-16(10-13-22(23)33)25-18-11-12-19-24(28(36)31(3)26(19)34)20(18)15-21-27(35)32(29(37)30(21,25)2)17-8-6-5-7-9-17/h5-11,13-14,19-21,24-25,33H,4,12,15H2,1-3H3/t19-,20+,21-,24-,25-,30+/m0/s1. The lowest BCUT2D eigenvalue weighted by Gasteiger charge is -2.49. The third kappa shape index (κ3) is 3.15. The summed E-state index contributed by atoms with van der Waals surface area (Å²) in [5.74, 6) is -3.30. The van der Waals surface area contributed by atoms with Gasteiger partial charge in [0, 0.05) is 13.0 Å². The molecule has 1 N–H and O–H groups in total. The van der Waals surface area contributed by atoms with E-state index in [0.717, 1.165) is 11.1 Å². The van der Waals surface area contributed by atoms with Crippen LogP contribution in [0.25, 0.3) is 0 Å². The number of hydrogen-bond acceptors (Lipinski definition) is 6. The quantitative estimate of drug-likeness (QED) is 0.493. The molecule has 0 radical (unpaired) electrons. The maximum absolute atomic E-state index is 14.3. The summed E-state index contributed by atoms with van der Waals surface area (Å²) < 4.78 is 5.66. The average Bonchev–Trinajstić information content (AvgIpc) is 3.25. The van der Waals surface area contributed by atoms with E-state index < -0.39 is 29.1 Å². The lowest BCUT2D eigenvalue weighted by atomic mass is 9.51. The van der Waals surface area contributed by atoms with E-state index in [0.29, 0.717) is 30.9 Å². The highest BCUT2D eigenvalue weighted by Crippen LogP contribution is 2.63. The molecule has 6 atom stereocenters. The number of amides is 4. The average molecular weight is 515 g/mol. The van der Waals surface area contributed by atoms with Crippen LogP contribution in [0.1, 0.15) is 38.2 Å². The summed E-state index contributed by atoms with van der Waals surface area (Å²) >= 11 is 0. The molecule has 38 heavy (non-hydrogen) atoms. The molecule has 2 aliphatic heterocycles. The molecule has 3 fully saturated rings. The molecule has 8 heteroatoms. The van der Waals surface area contributed by atoms with Crippen LogP contribution < -0.4 is 9.64 Å². The van der Waals surface area contributed by atoms with Crippen molar-refractivity contribution in [2.45, 2.75) is 32.6 Å².